The van der Waals surface area contributed by atoms with Crippen molar-refractivity contribution >= 4 is 60.4 Å². The Kier molecular flexibility index (Phi) is 7.18. The highest BCUT2D eigenvalue weighted by Gasteiger charge is 2.22. The minimum atomic E-state index is 1.09. The Hall–Kier alpha value is -6.90. The summed E-state index contributed by atoms with van der Waals surface area (Å²) in [6.45, 7) is 0. The Morgan fingerprint density at radius 1 is 0.327 bits per heavy atom. The number of aromatic nitrogens is 1. The third kappa shape index (κ3) is 4.96. The van der Waals surface area contributed by atoms with E-state index in [-0.39, 0.29) is 0 Å². The van der Waals surface area contributed by atoms with E-state index in [1.807, 2.05) is 0 Å². The van der Waals surface area contributed by atoms with Crippen LogP contribution in [0.5, 0.6) is 0 Å². The van der Waals surface area contributed by atoms with Crippen molar-refractivity contribution in [2.45, 2.75) is 0 Å². The molecule has 0 saturated carbocycles. The first-order chi connectivity index (χ1) is 25.8. The van der Waals surface area contributed by atoms with Gasteiger partial charge in [-0.1, -0.05) is 152 Å². The molecule has 0 fully saturated rings. The molecule has 0 radical (unpaired) electrons. The summed E-state index contributed by atoms with van der Waals surface area (Å²) < 4.78 is 2.38. The zero-order chi connectivity index (χ0) is 34.4. The molecule has 0 atom stereocenters. The molecule has 9 aromatic carbocycles. The van der Waals surface area contributed by atoms with Gasteiger partial charge in [0.25, 0.3) is 0 Å². The van der Waals surface area contributed by atoms with Crippen molar-refractivity contribution in [3.05, 3.63) is 206 Å². The van der Waals surface area contributed by atoms with Crippen molar-refractivity contribution in [2.24, 2.45) is 0 Å². The van der Waals surface area contributed by atoms with Crippen LogP contribution in [0.3, 0.4) is 0 Å². The number of rotatable bonds is 6. The van der Waals surface area contributed by atoms with Gasteiger partial charge in [-0.15, -0.1) is 0 Å². The summed E-state index contributed by atoms with van der Waals surface area (Å²) in [4.78, 5) is 2.46. The molecule has 0 aliphatic carbocycles. The van der Waals surface area contributed by atoms with Crippen LogP contribution in [0.2, 0.25) is 0 Å². The molecule has 1 heterocycles. The molecule has 0 N–H and O–H groups in total. The summed E-state index contributed by atoms with van der Waals surface area (Å²) in [5.41, 5.74) is 11.6. The van der Waals surface area contributed by atoms with Crippen molar-refractivity contribution in [1.82, 2.24) is 4.57 Å². The maximum Gasteiger partial charge on any atom is 0.0546 e. The molecule has 0 aliphatic heterocycles. The average Bonchev–Trinajstić information content (AvgIpc) is 3.56. The predicted molar refractivity (Wildman–Crippen MR) is 221 cm³/mol. The first-order valence-corrected chi connectivity index (χ1v) is 17.9. The number of benzene rings is 9. The van der Waals surface area contributed by atoms with Crippen molar-refractivity contribution in [2.75, 3.05) is 4.90 Å². The highest BCUT2D eigenvalue weighted by molar-refractivity contribution is 6.15. The minimum absolute atomic E-state index is 1.09. The lowest BCUT2D eigenvalue weighted by atomic mass is 9.95. The molecule has 10 rings (SSSR count). The lowest BCUT2D eigenvalue weighted by Gasteiger charge is -2.30. The van der Waals surface area contributed by atoms with Gasteiger partial charge in [-0.05, 0) is 87.4 Å². The quantitative estimate of drug-likeness (QED) is 0.161. The number of hydrogen-bond donors (Lipinski definition) is 0. The summed E-state index contributed by atoms with van der Waals surface area (Å²) in [7, 11) is 0. The van der Waals surface area contributed by atoms with E-state index >= 15 is 0 Å². The second-order valence-corrected chi connectivity index (χ2v) is 13.3. The molecule has 0 saturated heterocycles. The Morgan fingerprint density at radius 3 is 1.54 bits per heavy atom. The Labute approximate surface area is 303 Å². The first kappa shape index (κ1) is 30.0. The normalized spacial score (nSPS) is 11.5. The largest absolute Gasteiger partial charge is 0.309 e. The maximum absolute atomic E-state index is 2.46. The molecule has 0 unspecified atom stereocenters. The van der Waals surface area contributed by atoms with Crippen molar-refractivity contribution in [3.63, 3.8) is 0 Å². The van der Waals surface area contributed by atoms with Crippen LogP contribution in [0, 0.1) is 0 Å². The van der Waals surface area contributed by atoms with Gasteiger partial charge in [-0.25, -0.2) is 0 Å². The van der Waals surface area contributed by atoms with Gasteiger partial charge in [0.05, 0.1) is 22.4 Å². The molecule has 2 heteroatoms. The minimum Gasteiger partial charge on any atom is -0.309 e. The fourth-order valence-electron chi connectivity index (χ4n) is 7.97. The monoisotopic (exact) mass is 662 g/mol. The van der Waals surface area contributed by atoms with Crippen LogP contribution in [0.15, 0.2) is 206 Å². The van der Waals surface area contributed by atoms with Crippen molar-refractivity contribution in [1.29, 1.82) is 0 Å². The highest BCUT2D eigenvalue weighted by Crippen LogP contribution is 2.46. The van der Waals surface area contributed by atoms with Gasteiger partial charge in [0.15, 0.2) is 0 Å². The first-order valence-electron chi connectivity index (χ1n) is 17.9. The Bertz CT molecular complexity index is 2830. The second kappa shape index (κ2) is 12.5. The number of nitrogens with zero attached hydrogens (tertiary/aromatic N) is 2. The molecular formula is C50H34N2. The van der Waals surface area contributed by atoms with Gasteiger partial charge in [0, 0.05) is 33.1 Å². The van der Waals surface area contributed by atoms with Gasteiger partial charge >= 0.3 is 0 Å². The van der Waals surface area contributed by atoms with Crippen molar-refractivity contribution < 1.29 is 0 Å². The van der Waals surface area contributed by atoms with Gasteiger partial charge in [0.1, 0.15) is 0 Å². The fraction of sp³-hybridized carbons (Fsp3) is 0. The number of hydrogen-bond acceptors (Lipinski definition) is 1. The van der Waals surface area contributed by atoms with Crippen LogP contribution in [-0.4, -0.2) is 4.57 Å². The topological polar surface area (TPSA) is 8.17 Å². The second-order valence-electron chi connectivity index (χ2n) is 13.3. The average molecular weight is 663 g/mol. The maximum atomic E-state index is 2.46. The number of para-hydroxylation sites is 2. The summed E-state index contributed by atoms with van der Waals surface area (Å²) >= 11 is 0. The van der Waals surface area contributed by atoms with Gasteiger partial charge < -0.3 is 9.47 Å². The van der Waals surface area contributed by atoms with Gasteiger partial charge in [0.2, 0.25) is 0 Å². The number of anilines is 3. The molecule has 0 aliphatic rings. The van der Waals surface area contributed by atoms with Gasteiger partial charge in [-0.3, -0.25) is 0 Å². The van der Waals surface area contributed by atoms with E-state index in [4.69, 9.17) is 0 Å². The Balaban J connectivity index is 1.24. The van der Waals surface area contributed by atoms with E-state index in [1.54, 1.807) is 0 Å². The standard InChI is InChI=1S/C50H34N2/c1-3-15-35(16-4-1)37-27-32-49(46(33-37)36-17-5-2-6-18-36)52(50-34-38-19-7-8-20-41(38)42-21-9-10-22-43(42)50)40-30-28-39(29-31-40)51-47-25-13-11-23-44(47)45-24-12-14-26-48(45)51/h1-34H. The van der Waals surface area contributed by atoms with Crippen LogP contribution >= 0.6 is 0 Å². The zero-order valence-electron chi connectivity index (χ0n) is 28.5. The molecule has 0 bridgehead atoms. The third-order valence-electron chi connectivity index (χ3n) is 10.4. The lowest BCUT2D eigenvalue weighted by molar-refractivity contribution is 1.17. The molecule has 1 aromatic heterocycles. The SMILES string of the molecule is c1ccc(-c2ccc(N(c3ccc(-n4c5ccccc5c5ccccc54)cc3)c3cc4ccccc4c4ccccc34)c(-c3ccccc3)c2)cc1. The molecule has 52 heavy (non-hydrogen) atoms. The van der Waals surface area contributed by atoms with Gasteiger partial charge in [-0.2, -0.15) is 0 Å². The summed E-state index contributed by atoms with van der Waals surface area (Å²) in [6, 6.07) is 74.8. The fourth-order valence-corrected chi connectivity index (χ4v) is 7.97. The van der Waals surface area contributed by atoms with Crippen LogP contribution in [-0.2, 0) is 0 Å². The van der Waals surface area contributed by atoms with E-state index in [0.29, 0.717) is 0 Å². The van der Waals surface area contributed by atoms with E-state index < -0.39 is 0 Å². The van der Waals surface area contributed by atoms with Crippen molar-refractivity contribution in [3.8, 4) is 27.9 Å². The molecule has 244 valence electrons. The van der Waals surface area contributed by atoms with Crippen LogP contribution < -0.4 is 4.90 Å². The van der Waals surface area contributed by atoms with E-state index in [1.165, 1.54) is 65.6 Å². The smallest absolute Gasteiger partial charge is 0.0546 e. The predicted octanol–water partition coefficient (Wildman–Crippen LogP) is 13.9. The van der Waals surface area contributed by atoms with Crippen LogP contribution in [0.25, 0.3) is 71.3 Å². The molecular weight excluding hydrogens is 629 g/mol. The molecule has 0 amide bonds. The summed E-state index contributed by atoms with van der Waals surface area (Å²) in [5, 5.41) is 7.44. The molecule has 0 spiro atoms. The Morgan fingerprint density at radius 2 is 0.865 bits per heavy atom. The van der Waals surface area contributed by atoms with Crippen LogP contribution in [0.4, 0.5) is 17.1 Å². The molecule has 2 nitrogen and oxygen atoms in total. The highest BCUT2D eigenvalue weighted by atomic mass is 15.1. The lowest BCUT2D eigenvalue weighted by Crippen LogP contribution is -2.12. The zero-order valence-corrected chi connectivity index (χ0v) is 28.5. The molecule has 10 aromatic rings. The summed E-state index contributed by atoms with van der Waals surface area (Å²) in [6.07, 6.45) is 0. The van der Waals surface area contributed by atoms with E-state index in [2.05, 4.69) is 216 Å². The number of fused-ring (bicyclic) bond motifs is 6. The van der Waals surface area contributed by atoms with E-state index in [0.717, 1.165) is 22.7 Å². The summed E-state index contributed by atoms with van der Waals surface area (Å²) in [5.74, 6) is 0. The van der Waals surface area contributed by atoms with E-state index in [9.17, 15) is 0 Å². The third-order valence-corrected chi connectivity index (χ3v) is 10.4. The van der Waals surface area contributed by atoms with Crippen LogP contribution in [0.1, 0.15) is 0 Å².